The van der Waals surface area contributed by atoms with Gasteiger partial charge in [0, 0.05) is 0 Å². The summed E-state index contributed by atoms with van der Waals surface area (Å²) >= 11 is 0. The Kier molecular flexibility index (Phi) is 2.96. The van der Waals surface area contributed by atoms with E-state index in [-0.39, 0.29) is 0 Å². The molecule has 0 bridgehead atoms. The average Bonchev–Trinajstić information content (AvgIpc) is 2.69. The van der Waals surface area contributed by atoms with Gasteiger partial charge in [-0.15, -0.1) is 0 Å². The number of hydrogen-bond acceptors (Lipinski definition) is 3. The van der Waals surface area contributed by atoms with Crippen molar-refractivity contribution in [2.75, 3.05) is 13.1 Å². The van der Waals surface area contributed by atoms with E-state index in [1.165, 1.54) is 6.42 Å². The molecule has 2 heterocycles. The quantitative estimate of drug-likeness (QED) is 0.832. The van der Waals surface area contributed by atoms with Gasteiger partial charge in [-0.25, -0.2) is 4.98 Å². The molecule has 2 N–H and O–H groups in total. The highest BCUT2D eigenvalue weighted by molar-refractivity contribution is 5.81. The molecule has 0 spiro atoms. The summed E-state index contributed by atoms with van der Waals surface area (Å²) in [7, 11) is 0. The van der Waals surface area contributed by atoms with Crippen LogP contribution in [0.3, 0.4) is 0 Å². The largest absolute Gasteiger partial charge is 0.488 e. The topological polar surface area (TPSA) is 49.9 Å². The fourth-order valence-corrected chi connectivity index (χ4v) is 2.32. The minimum absolute atomic E-state index is 0.312. The van der Waals surface area contributed by atoms with E-state index in [1.54, 1.807) is 6.33 Å². The molecule has 1 saturated heterocycles. The lowest BCUT2D eigenvalue weighted by Gasteiger charge is -2.16. The fourth-order valence-electron chi connectivity index (χ4n) is 2.32. The lowest BCUT2D eigenvalue weighted by molar-refractivity contribution is 0.189. The predicted molar refractivity (Wildman–Crippen MR) is 67.2 cm³/mol. The summed E-state index contributed by atoms with van der Waals surface area (Å²) in [5.74, 6) is 0.899. The lowest BCUT2D eigenvalue weighted by Crippen LogP contribution is -2.19. The zero-order chi connectivity index (χ0) is 11.5. The maximum atomic E-state index is 6.08. The lowest BCUT2D eigenvalue weighted by atomic mass is 10.1. The van der Waals surface area contributed by atoms with Crippen LogP contribution in [0.2, 0.25) is 0 Å². The molecule has 90 valence electrons. The van der Waals surface area contributed by atoms with Gasteiger partial charge in [-0.1, -0.05) is 6.07 Å². The van der Waals surface area contributed by atoms with Crippen molar-refractivity contribution in [3.8, 4) is 5.75 Å². The van der Waals surface area contributed by atoms with Gasteiger partial charge in [0.05, 0.1) is 11.8 Å². The molecule has 3 rings (SSSR count). The molecule has 0 saturated carbocycles. The number of rotatable bonds is 2. The van der Waals surface area contributed by atoms with Crippen LogP contribution < -0.4 is 10.1 Å². The number of fused-ring (bicyclic) bond motifs is 1. The molecule has 2 aromatic rings. The maximum Gasteiger partial charge on any atom is 0.147 e. The van der Waals surface area contributed by atoms with Crippen LogP contribution in [0.25, 0.3) is 11.0 Å². The molecule has 4 heteroatoms. The molecule has 1 aromatic carbocycles. The number of H-pyrrole nitrogens is 1. The molecule has 1 unspecified atom stereocenters. The van der Waals surface area contributed by atoms with Crippen molar-refractivity contribution in [3.63, 3.8) is 0 Å². The standard InChI is InChI=1S/C13H17N3O/c1-4-11-13(16-9-15-11)12(5-1)17-10-3-2-7-14-8-6-10/h1,4-5,9-10,14H,2-3,6-8H2,(H,15,16). The Morgan fingerprint density at radius 2 is 2.24 bits per heavy atom. The van der Waals surface area contributed by atoms with Crippen molar-refractivity contribution >= 4 is 11.0 Å². The van der Waals surface area contributed by atoms with E-state index in [4.69, 9.17) is 4.74 Å². The molecule has 1 aliphatic heterocycles. The smallest absolute Gasteiger partial charge is 0.147 e. The predicted octanol–water partition coefficient (Wildman–Crippen LogP) is 2.08. The van der Waals surface area contributed by atoms with Crippen LogP contribution in [0.5, 0.6) is 5.75 Å². The molecule has 1 aliphatic rings. The first-order valence-corrected chi connectivity index (χ1v) is 6.23. The van der Waals surface area contributed by atoms with Gasteiger partial charge in [0.1, 0.15) is 17.4 Å². The summed E-state index contributed by atoms with van der Waals surface area (Å²) < 4.78 is 6.08. The van der Waals surface area contributed by atoms with Crippen LogP contribution >= 0.6 is 0 Å². The SMILES string of the molecule is c1cc(OC2CCCNCC2)c2nc[nH]c2c1. The van der Waals surface area contributed by atoms with Gasteiger partial charge < -0.3 is 15.0 Å². The summed E-state index contributed by atoms with van der Waals surface area (Å²) in [5, 5.41) is 3.39. The summed E-state index contributed by atoms with van der Waals surface area (Å²) in [4.78, 5) is 7.42. The van der Waals surface area contributed by atoms with Crippen LogP contribution in [0.1, 0.15) is 19.3 Å². The van der Waals surface area contributed by atoms with Crippen molar-refractivity contribution in [2.45, 2.75) is 25.4 Å². The van der Waals surface area contributed by atoms with Crippen LogP contribution in [0.15, 0.2) is 24.5 Å². The number of aromatic nitrogens is 2. The highest BCUT2D eigenvalue weighted by Crippen LogP contribution is 2.25. The van der Waals surface area contributed by atoms with Gasteiger partial charge in [-0.3, -0.25) is 0 Å². The minimum atomic E-state index is 0.312. The van der Waals surface area contributed by atoms with Gasteiger partial charge in [0.25, 0.3) is 0 Å². The van der Waals surface area contributed by atoms with E-state index in [9.17, 15) is 0 Å². The second kappa shape index (κ2) is 4.75. The van der Waals surface area contributed by atoms with Crippen molar-refractivity contribution in [2.24, 2.45) is 0 Å². The zero-order valence-electron chi connectivity index (χ0n) is 9.78. The third-order valence-corrected chi connectivity index (χ3v) is 3.23. The van der Waals surface area contributed by atoms with Crippen molar-refractivity contribution < 1.29 is 4.74 Å². The Balaban J connectivity index is 1.81. The van der Waals surface area contributed by atoms with Crippen LogP contribution in [-0.2, 0) is 0 Å². The molecule has 0 amide bonds. The monoisotopic (exact) mass is 231 g/mol. The number of para-hydroxylation sites is 1. The maximum absolute atomic E-state index is 6.08. The first-order chi connectivity index (χ1) is 8.43. The van der Waals surface area contributed by atoms with Crippen molar-refractivity contribution in [1.82, 2.24) is 15.3 Å². The summed E-state index contributed by atoms with van der Waals surface area (Å²) in [6, 6.07) is 6.02. The molecule has 1 aromatic heterocycles. The van der Waals surface area contributed by atoms with Gasteiger partial charge in [-0.05, 0) is 44.5 Å². The molecule has 17 heavy (non-hydrogen) atoms. The van der Waals surface area contributed by atoms with Gasteiger partial charge in [0.2, 0.25) is 0 Å². The highest BCUT2D eigenvalue weighted by atomic mass is 16.5. The van der Waals surface area contributed by atoms with Gasteiger partial charge in [0.15, 0.2) is 0 Å². The number of nitrogens with one attached hydrogen (secondary N) is 2. The average molecular weight is 231 g/mol. The van der Waals surface area contributed by atoms with Crippen molar-refractivity contribution in [3.05, 3.63) is 24.5 Å². The van der Waals surface area contributed by atoms with Crippen LogP contribution in [0, 0.1) is 0 Å². The second-order valence-electron chi connectivity index (χ2n) is 4.48. The van der Waals surface area contributed by atoms with Gasteiger partial charge >= 0.3 is 0 Å². The van der Waals surface area contributed by atoms with E-state index in [0.717, 1.165) is 42.7 Å². The highest BCUT2D eigenvalue weighted by Gasteiger charge is 2.15. The molecule has 4 nitrogen and oxygen atoms in total. The molecule has 0 aliphatic carbocycles. The molecule has 1 atom stereocenters. The number of imidazole rings is 1. The van der Waals surface area contributed by atoms with E-state index < -0.39 is 0 Å². The Bertz CT molecular complexity index is 486. The normalized spacial score (nSPS) is 21.3. The van der Waals surface area contributed by atoms with Crippen molar-refractivity contribution in [1.29, 1.82) is 0 Å². The molecule has 1 fully saturated rings. The molecular weight excluding hydrogens is 214 g/mol. The molecule has 0 radical (unpaired) electrons. The van der Waals surface area contributed by atoms with E-state index in [0.29, 0.717) is 6.10 Å². The Hall–Kier alpha value is -1.55. The minimum Gasteiger partial charge on any atom is -0.488 e. The second-order valence-corrected chi connectivity index (χ2v) is 4.48. The number of benzene rings is 1. The first kappa shape index (κ1) is 10.6. The number of nitrogens with zero attached hydrogens (tertiary/aromatic N) is 1. The zero-order valence-corrected chi connectivity index (χ0v) is 9.78. The summed E-state index contributed by atoms with van der Waals surface area (Å²) in [6.07, 6.45) is 5.40. The van der Waals surface area contributed by atoms with E-state index in [1.807, 2.05) is 18.2 Å². The van der Waals surface area contributed by atoms with Crippen LogP contribution in [0.4, 0.5) is 0 Å². The summed E-state index contributed by atoms with van der Waals surface area (Å²) in [6.45, 7) is 2.15. The Morgan fingerprint density at radius 1 is 1.24 bits per heavy atom. The number of aromatic amines is 1. The van der Waals surface area contributed by atoms with E-state index in [2.05, 4.69) is 15.3 Å². The number of hydrogen-bond donors (Lipinski definition) is 2. The van der Waals surface area contributed by atoms with Gasteiger partial charge in [-0.2, -0.15) is 0 Å². The number of ether oxygens (including phenoxy) is 1. The first-order valence-electron chi connectivity index (χ1n) is 6.23. The van der Waals surface area contributed by atoms with E-state index >= 15 is 0 Å². The summed E-state index contributed by atoms with van der Waals surface area (Å²) in [5.41, 5.74) is 1.97. The Labute approximate surface area is 100 Å². The third-order valence-electron chi connectivity index (χ3n) is 3.23. The third kappa shape index (κ3) is 2.26. The fraction of sp³-hybridized carbons (Fsp3) is 0.462. The Morgan fingerprint density at radius 3 is 3.24 bits per heavy atom. The molecular formula is C13H17N3O. The van der Waals surface area contributed by atoms with Crippen LogP contribution in [-0.4, -0.2) is 29.2 Å².